The van der Waals surface area contributed by atoms with Crippen LogP contribution in [0.3, 0.4) is 0 Å². The SMILES string of the molecule is COc1ccc(Br)c(C(=O)N(C)c2cccc(C#N)c2)c1. The van der Waals surface area contributed by atoms with E-state index in [1.807, 2.05) is 0 Å². The summed E-state index contributed by atoms with van der Waals surface area (Å²) in [4.78, 5) is 14.1. The molecule has 0 unspecified atom stereocenters. The average molecular weight is 345 g/mol. The molecule has 0 aliphatic heterocycles. The molecule has 5 heteroatoms. The van der Waals surface area contributed by atoms with Gasteiger partial charge in [-0.15, -0.1) is 0 Å². The number of nitriles is 1. The maximum absolute atomic E-state index is 12.6. The number of carbonyl (C=O) groups excluding carboxylic acids is 1. The lowest BCUT2D eigenvalue weighted by Gasteiger charge is -2.18. The quantitative estimate of drug-likeness (QED) is 0.854. The maximum Gasteiger partial charge on any atom is 0.259 e. The molecule has 0 fully saturated rings. The van der Waals surface area contributed by atoms with Crippen LogP contribution in [0.1, 0.15) is 15.9 Å². The second-order valence-corrected chi connectivity index (χ2v) is 5.23. The summed E-state index contributed by atoms with van der Waals surface area (Å²) < 4.78 is 5.84. The van der Waals surface area contributed by atoms with Crippen molar-refractivity contribution in [1.29, 1.82) is 5.26 Å². The molecule has 1 amide bonds. The smallest absolute Gasteiger partial charge is 0.259 e. The molecule has 0 aliphatic rings. The fourth-order valence-electron chi connectivity index (χ4n) is 1.88. The predicted molar refractivity (Wildman–Crippen MR) is 84.6 cm³/mol. The molecule has 106 valence electrons. The Morgan fingerprint density at radius 2 is 2.05 bits per heavy atom. The maximum atomic E-state index is 12.6. The first-order chi connectivity index (χ1) is 10.1. The predicted octanol–water partition coefficient (Wildman–Crippen LogP) is 3.61. The van der Waals surface area contributed by atoms with Gasteiger partial charge in [0.25, 0.3) is 5.91 Å². The van der Waals surface area contributed by atoms with Gasteiger partial charge in [-0.1, -0.05) is 6.07 Å². The van der Waals surface area contributed by atoms with Gasteiger partial charge in [-0.3, -0.25) is 4.79 Å². The molecule has 2 aromatic carbocycles. The standard InChI is InChI=1S/C16H13BrN2O2/c1-19(12-5-3-4-11(8-12)10-18)16(20)14-9-13(21-2)6-7-15(14)17/h3-9H,1-2H3. The van der Waals surface area contributed by atoms with Gasteiger partial charge in [0.15, 0.2) is 0 Å². The molecular weight excluding hydrogens is 332 g/mol. The highest BCUT2D eigenvalue weighted by Gasteiger charge is 2.17. The van der Waals surface area contributed by atoms with Gasteiger partial charge in [0, 0.05) is 17.2 Å². The fraction of sp³-hybridized carbons (Fsp3) is 0.125. The van der Waals surface area contributed by atoms with Gasteiger partial charge in [0.05, 0.1) is 24.3 Å². The average Bonchev–Trinajstić information content (AvgIpc) is 2.54. The van der Waals surface area contributed by atoms with Crippen molar-refractivity contribution in [3.8, 4) is 11.8 Å². The van der Waals surface area contributed by atoms with E-state index in [-0.39, 0.29) is 5.91 Å². The summed E-state index contributed by atoms with van der Waals surface area (Å²) in [6.07, 6.45) is 0. The van der Waals surface area contributed by atoms with Crippen molar-refractivity contribution in [2.75, 3.05) is 19.1 Å². The molecule has 0 aliphatic carbocycles. The molecule has 4 nitrogen and oxygen atoms in total. The van der Waals surface area contributed by atoms with E-state index in [1.165, 1.54) is 4.90 Å². The highest BCUT2D eigenvalue weighted by Crippen LogP contribution is 2.25. The number of anilines is 1. The number of benzene rings is 2. The molecule has 0 atom stereocenters. The van der Waals surface area contributed by atoms with E-state index >= 15 is 0 Å². The third-order valence-electron chi connectivity index (χ3n) is 3.07. The van der Waals surface area contributed by atoms with Gasteiger partial charge in [-0.25, -0.2) is 0 Å². The van der Waals surface area contributed by atoms with Gasteiger partial charge in [0.2, 0.25) is 0 Å². The number of rotatable bonds is 3. The van der Waals surface area contributed by atoms with Crippen LogP contribution in [0.2, 0.25) is 0 Å². The van der Waals surface area contributed by atoms with E-state index in [9.17, 15) is 4.79 Å². The van der Waals surface area contributed by atoms with Crippen molar-refractivity contribution in [3.63, 3.8) is 0 Å². The summed E-state index contributed by atoms with van der Waals surface area (Å²) in [7, 11) is 3.22. The van der Waals surface area contributed by atoms with Crippen molar-refractivity contribution < 1.29 is 9.53 Å². The van der Waals surface area contributed by atoms with Gasteiger partial charge in [0.1, 0.15) is 5.75 Å². The molecule has 2 aromatic rings. The summed E-state index contributed by atoms with van der Waals surface area (Å²) in [5.74, 6) is 0.427. The zero-order valence-electron chi connectivity index (χ0n) is 11.6. The summed E-state index contributed by atoms with van der Waals surface area (Å²) in [6, 6.07) is 14.2. The van der Waals surface area contributed by atoms with E-state index in [1.54, 1.807) is 56.6 Å². The minimum absolute atomic E-state index is 0.184. The summed E-state index contributed by atoms with van der Waals surface area (Å²) in [6.45, 7) is 0. The summed E-state index contributed by atoms with van der Waals surface area (Å²) in [5, 5.41) is 8.93. The van der Waals surface area contributed by atoms with E-state index in [0.717, 1.165) is 0 Å². The molecule has 0 heterocycles. The van der Waals surface area contributed by atoms with Gasteiger partial charge in [-0.2, -0.15) is 5.26 Å². The lowest BCUT2D eigenvalue weighted by molar-refractivity contribution is 0.0992. The normalized spacial score (nSPS) is 9.81. The van der Waals surface area contributed by atoms with Crippen molar-refractivity contribution >= 4 is 27.5 Å². The fourth-order valence-corrected chi connectivity index (χ4v) is 2.29. The molecular formula is C16H13BrN2O2. The molecule has 21 heavy (non-hydrogen) atoms. The Balaban J connectivity index is 2.37. The second kappa shape index (κ2) is 6.42. The van der Waals surface area contributed by atoms with E-state index in [0.29, 0.717) is 27.0 Å². The number of nitrogens with zero attached hydrogens (tertiary/aromatic N) is 2. The largest absolute Gasteiger partial charge is 0.497 e. The van der Waals surface area contributed by atoms with Gasteiger partial charge in [-0.05, 0) is 52.3 Å². The Morgan fingerprint density at radius 3 is 2.71 bits per heavy atom. The van der Waals surface area contributed by atoms with Crippen LogP contribution in [0, 0.1) is 11.3 Å². The number of carbonyl (C=O) groups is 1. The van der Waals surface area contributed by atoms with E-state index in [4.69, 9.17) is 10.00 Å². The zero-order valence-corrected chi connectivity index (χ0v) is 13.2. The van der Waals surface area contributed by atoms with Crippen molar-refractivity contribution in [1.82, 2.24) is 0 Å². The highest BCUT2D eigenvalue weighted by molar-refractivity contribution is 9.10. The van der Waals surface area contributed by atoms with Crippen LogP contribution >= 0.6 is 15.9 Å². The lowest BCUT2D eigenvalue weighted by atomic mass is 10.1. The number of methoxy groups -OCH3 is 1. The van der Waals surface area contributed by atoms with Crippen LogP contribution in [-0.4, -0.2) is 20.1 Å². The lowest BCUT2D eigenvalue weighted by Crippen LogP contribution is -2.26. The number of halogens is 1. The molecule has 0 N–H and O–H groups in total. The van der Waals surface area contributed by atoms with Crippen LogP contribution in [0.25, 0.3) is 0 Å². The summed E-state index contributed by atoms with van der Waals surface area (Å²) >= 11 is 3.37. The summed E-state index contributed by atoms with van der Waals surface area (Å²) in [5.41, 5.74) is 1.67. The molecule has 0 saturated carbocycles. The number of ether oxygens (including phenoxy) is 1. The Hall–Kier alpha value is -2.32. The van der Waals surface area contributed by atoms with Gasteiger partial charge >= 0.3 is 0 Å². The highest BCUT2D eigenvalue weighted by atomic mass is 79.9. The van der Waals surface area contributed by atoms with Crippen LogP contribution in [0.15, 0.2) is 46.9 Å². The van der Waals surface area contributed by atoms with Crippen molar-refractivity contribution in [3.05, 3.63) is 58.1 Å². The Bertz CT molecular complexity index is 722. The molecule has 0 saturated heterocycles. The van der Waals surface area contributed by atoms with Crippen molar-refractivity contribution in [2.45, 2.75) is 0 Å². The minimum atomic E-state index is -0.184. The van der Waals surface area contributed by atoms with E-state index < -0.39 is 0 Å². The number of amides is 1. The van der Waals surface area contributed by atoms with Crippen LogP contribution < -0.4 is 9.64 Å². The second-order valence-electron chi connectivity index (χ2n) is 4.37. The number of hydrogen-bond acceptors (Lipinski definition) is 3. The Morgan fingerprint density at radius 1 is 1.29 bits per heavy atom. The monoisotopic (exact) mass is 344 g/mol. The molecule has 0 bridgehead atoms. The third kappa shape index (κ3) is 3.23. The van der Waals surface area contributed by atoms with E-state index in [2.05, 4.69) is 22.0 Å². The molecule has 2 rings (SSSR count). The Kier molecular flexibility index (Phi) is 4.61. The van der Waals surface area contributed by atoms with Crippen LogP contribution in [0.5, 0.6) is 5.75 Å². The first kappa shape index (κ1) is 15.1. The molecule has 0 radical (unpaired) electrons. The Labute approximate surface area is 131 Å². The first-order valence-corrected chi connectivity index (χ1v) is 6.98. The zero-order chi connectivity index (χ0) is 15.4. The third-order valence-corrected chi connectivity index (χ3v) is 3.76. The van der Waals surface area contributed by atoms with Crippen molar-refractivity contribution in [2.24, 2.45) is 0 Å². The molecule has 0 spiro atoms. The molecule has 0 aromatic heterocycles. The first-order valence-electron chi connectivity index (χ1n) is 6.18. The number of hydrogen-bond donors (Lipinski definition) is 0. The van der Waals surface area contributed by atoms with Gasteiger partial charge < -0.3 is 9.64 Å². The van der Waals surface area contributed by atoms with Crippen LogP contribution in [0.4, 0.5) is 5.69 Å². The minimum Gasteiger partial charge on any atom is -0.497 e. The van der Waals surface area contributed by atoms with Crippen LogP contribution in [-0.2, 0) is 0 Å². The topological polar surface area (TPSA) is 53.3 Å².